The van der Waals surface area contributed by atoms with Crippen LogP contribution >= 0.6 is 0 Å². The first-order valence-electron chi connectivity index (χ1n) is 7.06. The molecule has 2 aliphatic heterocycles. The highest BCUT2D eigenvalue weighted by Gasteiger charge is 2.37. The summed E-state index contributed by atoms with van der Waals surface area (Å²) in [7, 11) is 0. The lowest BCUT2D eigenvalue weighted by molar-refractivity contribution is -0.143. The van der Waals surface area contributed by atoms with Gasteiger partial charge in [0, 0.05) is 12.5 Å². The lowest BCUT2D eigenvalue weighted by atomic mass is 9.84. The van der Waals surface area contributed by atoms with Crippen LogP contribution in [0.2, 0.25) is 0 Å². The fraction of sp³-hybridized carbons (Fsp3) is 1.00. The zero-order valence-corrected chi connectivity index (χ0v) is 10.4. The number of ether oxygens (including phenoxy) is 1. The summed E-state index contributed by atoms with van der Waals surface area (Å²) in [6.45, 7) is 2.86. The second kappa shape index (κ2) is 5.21. The molecule has 0 radical (unpaired) electrons. The Balaban J connectivity index is 1.58. The quantitative estimate of drug-likeness (QED) is 0.760. The predicted octanol–water partition coefficient (Wildman–Crippen LogP) is 1.88. The first-order valence-corrected chi connectivity index (χ1v) is 7.06. The Hall–Kier alpha value is -0.190. The Morgan fingerprint density at radius 3 is 2.94 bits per heavy atom. The van der Waals surface area contributed by atoms with E-state index in [9.17, 15) is 4.39 Å². The van der Waals surface area contributed by atoms with Gasteiger partial charge in [-0.05, 0) is 45.1 Å². The summed E-state index contributed by atoms with van der Waals surface area (Å²) in [6.07, 6.45) is 6.29. The topological polar surface area (TPSA) is 24.5 Å². The van der Waals surface area contributed by atoms with Gasteiger partial charge in [-0.3, -0.25) is 4.90 Å². The van der Waals surface area contributed by atoms with Crippen molar-refractivity contribution in [1.82, 2.24) is 10.2 Å². The van der Waals surface area contributed by atoms with E-state index in [1.54, 1.807) is 0 Å². The molecule has 4 atom stereocenters. The SMILES string of the molecule is FC1CCC2OCN(C3CCCCN3)CC2C1. The lowest BCUT2D eigenvalue weighted by Crippen LogP contribution is -2.56. The molecule has 0 aromatic heterocycles. The Labute approximate surface area is 103 Å². The molecule has 17 heavy (non-hydrogen) atoms. The zero-order chi connectivity index (χ0) is 11.7. The number of fused-ring (bicyclic) bond motifs is 1. The van der Waals surface area contributed by atoms with E-state index in [0.29, 0.717) is 31.0 Å². The van der Waals surface area contributed by atoms with Crippen LogP contribution in [0.3, 0.4) is 0 Å². The molecule has 0 aromatic carbocycles. The lowest BCUT2D eigenvalue weighted by Gasteiger charge is -2.45. The summed E-state index contributed by atoms with van der Waals surface area (Å²) < 4.78 is 19.3. The zero-order valence-electron chi connectivity index (χ0n) is 10.4. The third kappa shape index (κ3) is 2.64. The number of rotatable bonds is 1. The molecule has 3 rings (SSSR count). The van der Waals surface area contributed by atoms with E-state index in [1.807, 2.05) is 0 Å². The molecule has 0 aromatic rings. The summed E-state index contributed by atoms with van der Waals surface area (Å²) in [5.74, 6) is 0.413. The fourth-order valence-electron chi connectivity index (χ4n) is 3.50. The molecule has 2 saturated heterocycles. The van der Waals surface area contributed by atoms with Gasteiger partial charge in [0.2, 0.25) is 0 Å². The molecule has 0 bridgehead atoms. The van der Waals surface area contributed by atoms with Crippen molar-refractivity contribution in [2.24, 2.45) is 5.92 Å². The summed E-state index contributed by atoms with van der Waals surface area (Å²) in [4.78, 5) is 2.37. The molecule has 1 aliphatic carbocycles. The maximum Gasteiger partial charge on any atom is 0.101 e. The van der Waals surface area contributed by atoms with Crippen molar-refractivity contribution in [3.63, 3.8) is 0 Å². The van der Waals surface area contributed by atoms with Crippen LogP contribution < -0.4 is 5.32 Å². The second-order valence-electron chi connectivity index (χ2n) is 5.74. The average Bonchev–Trinajstić information content (AvgIpc) is 2.39. The van der Waals surface area contributed by atoms with Crippen LogP contribution in [0.25, 0.3) is 0 Å². The first kappa shape index (κ1) is 11.9. The summed E-state index contributed by atoms with van der Waals surface area (Å²) >= 11 is 0. The Morgan fingerprint density at radius 1 is 1.18 bits per heavy atom. The van der Waals surface area contributed by atoms with Crippen molar-refractivity contribution in [2.75, 3.05) is 19.8 Å². The van der Waals surface area contributed by atoms with Crippen LogP contribution in [0.4, 0.5) is 4.39 Å². The minimum atomic E-state index is -0.598. The maximum atomic E-state index is 13.4. The normalized spacial score (nSPS) is 44.3. The monoisotopic (exact) mass is 242 g/mol. The molecule has 3 nitrogen and oxygen atoms in total. The van der Waals surface area contributed by atoms with Gasteiger partial charge in [0.05, 0.1) is 12.3 Å². The molecule has 0 spiro atoms. The van der Waals surface area contributed by atoms with E-state index in [1.165, 1.54) is 19.3 Å². The van der Waals surface area contributed by atoms with Crippen molar-refractivity contribution in [3.8, 4) is 0 Å². The molecule has 2 heterocycles. The third-order valence-electron chi connectivity index (χ3n) is 4.50. The van der Waals surface area contributed by atoms with E-state index in [0.717, 1.165) is 26.2 Å². The number of halogens is 1. The van der Waals surface area contributed by atoms with Gasteiger partial charge >= 0.3 is 0 Å². The van der Waals surface area contributed by atoms with Crippen LogP contribution in [-0.4, -0.2) is 43.2 Å². The molecule has 3 aliphatic rings. The molecule has 1 N–H and O–H groups in total. The molecule has 4 unspecified atom stereocenters. The number of alkyl halides is 1. The van der Waals surface area contributed by atoms with Gasteiger partial charge in [-0.1, -0.05) is 0 Å². The van der Waals surface area contributed by atoms with Crippen LogP contribution in [0.15, 0.2) is 0 Å². The smallest absolute Gasteiger partial charge is 0.101 e. The van der Waals surface area contributed by atoms with Crippen LogP contribution in [0, 0.1) is 5.92 Å². The van der Waals surface area contributed by atoms with E-state index in [2.05, 4.69) is 10.2 Å². The van der Waals surface area contributed by atoms with Gasteiger partial charge in [-0.15, -0.1) is 0 Å². The predicted molar refractivity (Wildman–Crippen MR) is 64.3 cm³/mol. The third-order valence-corrected chi connectivity index (χ3v) is 4.50. The van der Waals surface area contributed by atoms with Crippen molar-refractivity contribution in [3.05, 3.63) is 0 Å². The highest BCUT2D eigenvalue weighted by molar-refractivity contribution is 4.87. The summed E-state index contributed by atoms with van der Waals surface area (Å²) in [5, 5.41) is 3.55. The van der Waals surface area contributed by atoms with Gasteiger partial charge in [0.25, 0.3) is 0 Å². The van der Waals surface area contributed by atoms with Crippen LogP contribution in [-0.2, 0) is 4.74 Å². The van der Waals surface area contributed by atoms with E-state index < -0.39 is 6.17 Å². The van der Waals surface area contributed by atoms with Crippen molar-refractivity contribution < 1.29 is 9.13 Å². The highest BCUT2D eigenvalue weighted by Crippen LogP contribution is 2.33. The summed E-state index contributed by atoms with van der Waals surface area (Å²) in [5.41, 5.74) is 0. The van der Waals surface area contributed by atoms with E-state index in [4.69, 9.17) is 4.74 Å². The molecule has 1 saturated carbocycles. The number of hydrogen-bond acceptors (Lipinski definition) is 3. The Bertz CT molecular complexity index is 258. The minimum Gasteiger partial charge on any atom is -0.362 e. The highest BCUT2D eigenvalue weighted by atomic mass is 19.1. The fourth-order valence-corrected chi connectivity index (χ4v) is 3.50. The maximum absolute atomic E-state index is 13.4. The molecule has 4 heteroatoms. The van der Waals surface area contributed by atoms with Crippen molar-refractivity contribution >= 4 is 0 Å². The standard InChI is InChI=1S/C13H23FN2O/c14-11-4-5-12-10(7-11)8-16(9-17-12)13-3-1-2-6-15-13/h10-13,15H,1-9H2. The van der Waals surface area contributed by atoms with Gasteiger partial charge in [0.15, 0.2) is 0 Å². The molecular weight excluding hydrogens is 219 g/mol. The minimum absolute atomic E-state index is 0.321. The second-order valence-corrected chi connectivity index (χ2v) is 5.74. The number of nitrogens with one attached hydrogen (secondary N) is 1. The van der Waals surface area contributed by atoms with Gasteiger partial charge in [-0.25, -0.2) is 4.39 Å². The van der Waals surface area contributed by atoms with Crippen LogP contribution in [0.1, 0.15) is 38.5 Å². The van der Waals surface area contributed by atoms with E-state index >= 15 is 0 Å². The molecule has 3 fully saturated rings. The summed E-state index contributed by atoms with van der Waals surface area (Å²) in [6, 6.07) is 0. The number of nitrogens with zero attached hydrogens (tertiary/aromatic N) is 1. The number of hydrogen-bond donors (Lipinski definition) is 1. The Morgan fingerprint density at radius 2 is 2.12 bits per heavy atom. The van der Waals surface area contributed by atoms with Gasteiger partial charge in [0.1, 0.15) is 12.9 Å². The first-order chi connectivity index (χ1) is 8.33. The van der Waals surface area contributed by atoms with Crippen molar-refractivity contribution in [1.29, 1.82) is 0 Å². The largest absolute Gasteiger partial charge is 0.362 e. The number of piperidine rings is 1. The van der Waals surface area contributed by atoms with Gasteiger partial charge in [-0.2, -0.15) is 0 Å². The van der Waals surface area contributed by atoms with Crippen LogP contribution in [0.5, 0.6) is 0 Å². The average molecular weight is 242 g/mol. The van der Waals surface area contributed by atoms with Crippen molar-refractivity contribution in [2.45, 2.75) is 57.0 Å². The van der Waals surface area contributed by atoms with E-state index in [-0.39, 0.29) is 0 Å². The molecule has 0 amide bonds. The molecular formula is C13H23FN2O. The molecule has 98 valence electrons. The van der Waals surface area contributed by atoms with Gasteiger partial charge < -0.3 is 10.1 Å². The Kier molecular flexibility index (Phi) is 3.64.